The first-order valence-electron chi connectivity index (χ1n) is 9.02. The summed E-state index contributed by atoms with van der Waals surface area (Å²) in [5.41, 5.74) is 2.85. The van der Waals surface area contributed by atoms with Crippen molar-refractivity contribution in [2.24, 2.45) is 0 Å². The second-order valence-electron chi connectivity index (χ2n) is 6.63. The normalized spacial score (nSPS) is 15.4. The summed E-state index contributed by atoms with van der Waals surface area (Å²) in [6.07, 6.45) is 0.525. The standard InChI is InChI=1S/C22H21N3O2/c1-23-21(26)20-13-16-8-3-5-12-19(16)25(20)22(27)24-14-17-10-6-9-15-7-2-4-11-18(15)17/h2-12,20H,13-14H2,1H3,(H,23,26)(H,24,27)/t20-/m1/s1. The highest BCUT2D eigenvalue weighted by atomic mass is 16.2. The zero-order valence-electron chi connectivity index (χ0n) is 15.1. The molecule has 0 radical (unpaired) electrons. The van der Waals surface area contributed by atoms with Gasteiger partial charge in [-0.15, -0.1) is 0 Å². The number of anilines is 1. The van der Waals surface area contributed by atoms with E-state index in [1.807, 2.05) is 48.5 Å². The Hall–Kier alpha value is -3.34. The molecule has 0 saturated heterocycles. The van der Waals surface area contributed by atoms with Gasteiger partial charge < -0.3 is 10.6 Å². The molecule has 5 nitrogen and oxygen atoms in total. The van der Waals surface area contributed by atoms with Gasteiger partial charge >= 0.3 is 6.03 Å². The van der Waals surface area contributed by atoms with Crippen LogP contribution in [0.25, 0.3) is 10.8 Å². The molecule has 0 fully saturated rings. The Balaban J connectivity index is 1.58. The minimum absolute atomic E-state index is 0.161. The number of nitrogens with one attached hydrogen (secondary N) is 2. The zero-order valence-corrected chi connectivity index (χ0v) is 15.1. The fraction of sp³-hybridized carbons (Fsp3) is 0.182. The highest BCUT2D eigenvalue weighted by Crippen LogP contribution is 2.32. The van der Waals surface area contributed by atoms with Gasteiger partial charge in [0, 0.05) is 25.7 Å². The molecule has 0 aromatic heterocycles. The van der Waals surface area contributed by atoms with Gasteiger partial charge in [-0.05, 0) is 28.0 Å². The van der Waals surface area contributed by atoms with Gasteiger partial charge in [0.25, 0.3) is 0 Å². The summed E-state index contributed by atoms with van der Waals surface area (Å²) in [4.78, 5) is 26.9. The first-order valence-corrected chi connectivity index (χ1v) is 9.02. The lowest BCUT2D eigenvalue weighted by molar-refractivity contribution is -0.121. The van der Waals surface area contributed by atoms with Crippen molar-refractivity contribution < 1.29 is 9.59 Å². The number of nitrogens with zero attached hydrogens (tertiary/aromatic N) is 1. The fourth-order valence-corrected chi connectivity index (χ4v) is 3.72. The average Bonchev–Trinajstić information content (AvgIpc) is 3.11. The molecule has 1 heterocycles. The van der Waals surface area contributed by atoms with Gasteiger partial charge in [0.2, 0.25) is 5.91 Å². The first kappa shape index (κ1) is 17.1. The highest BCUT2D eigenvalue weighted by molar-refractivity contribution is 6.02. The third-order valence-electron chi connectivity index (χ3n) is 5.05. The van der Waals surface area contributed by atoms with Gasteiger partial charge in [0.15, 0.2) is 0 Å². The molecule has 0 spiro atoms. The summed E-state index contributed by atoms with van der Waals surface area (Å²) < 4.78 is 0. The Labute approximate surface area is 158 Å². The van der Waals surface area contributed by atoms with Crippen LogP contribution in [0.5, 0.6) is 0 Å². The highest BCUT2D eigenvalue weighted by Gasteiger charge is 2.37. The number of hydrogen-bond acceptors (Lipinski definition) is 2. The van der Waals surface area contributed by atoms with E-state index >= 15 is 0 Å². The Kier molecular flexibility index (Phi) is 4.50. The molecular formula is C22H21N3O2. The van der Waals surface area contributed by atoms with Crippen LogP contribution < -0.4 is 15.5 Å². The summed E-state index contributed by atoms with van der Waals surface area (Å²) in [6, 6.07) is 21.0. The van der Waals surface area contributed by atoms with Crippen molar-refractivity contribution in [1.29, 1.82) is 0 Å². The lowest BCUT2D eigenvalue weighted by Crippen LogP contribution is -2.50. The number of hydrogen-bond donors (Lipinski definition) is 2. The number of benzene rings is 3. The Bertz CT molecular complexity index is 1010. The summed E-state index contributed by atoms with van der Waals surface area (Å²) in [5.74, 6) is -0.161. The molecule has 136 valence electrons. The topological polar surface area (TPSA) is 61.4 Å². The van der Waals surface area contributed by atoms with E-state index < -0.39 is 6.04 Å². The molecule has 2 N–H and O–H groups in total. The second kappa shape index (κ2) is 7.11. The van der Waals surface area contributed by atoms with Crippen molar-refractivity contribution in [3.8, 4) is 0 Å². The molecule has 3 aromatic rings. The van der Waals surface area contributed by atoms with Gasteiger partial charge in [-0.1, -0.05) is 60.7 Å². The fourth-order valence-electron chi connectivity index (χ4n) is 3.72. The Morgan fingerprint density at radius 2 is 1.74 bits per heavy atom. The van der Waals surface area contributed by atoms with Gasteiger partial charge in [-0.25, -0.2) is 4.79 Å². The molecule has 4 rings (SSSR count). The van der Waals surface area contributed by atoms with Gasteiger partial charge in [0.05, 0.1) is 0 Å². The molecule has 1 aliphatic rings. The van der Waals surface area contributed by atoms with E-state index in [9.17, 15) is 9.59 Å². The van der Waals surface area contributed by atoms with Gasteiger partial charge in [-0.3, -0.25) is 9.69 Å². The minimum Gasteiger partial charge on any atom is -0.357 e. The van der Waals surface area contributed by atoms with Crippen molar-refractivity contribution in [2.75, 3.05) is 11.9 Å². The van der Waals surface area contributed by atoms with Crippen LogP contribution in [-0.4, -0.2) is 25.0 Å². The smallest absolute Gasteiger partial charge is 0.322 e. The maximum Gasteiger partial charge on any atom is 0.322 e. The summed E-state index contributed by atoms with van der Waals surface area (Å²) in [7, 11) is 1.59. The number of carbonyl (C=O) groups is 2. The predicted molar refractivity (Wildman–Crippen MR) is 107 cm³/mol. The van der Waals surface area contributed by atoms with Gasteiger partial charge in [0.1, 0.15) is 6.04 Å². The van der Waals surface area contributed by atoms with Crippen LogP contribution in [0.15, 0.2) is 66.7 Å². The van der Waals surface area contributed by atoms with Crippen molar-refractivity contribution >= 4 is 28.4 Å². The van der Waals surface area contributed by atoms with Crippen molar-refractivity contribution in [2.45, 2.75) is 19.0 Å². The minimum atomic E-state index is -0.528. The van der Waals surface area contributed by atoms with E-state index in [0.717, 1.165) is 27.6 Å². The third kappa shape index (κ3) is 3.12. The monoisotopic (exact) mass is 359 g/mol. The van der Waals surface area contributed by atoms with Crippen LogP contribution in [0, 0.1) is 0 Å². The van der Waals surface area contributed by atoms with E-state index in [1.54, 1.807) is 11.9 Å². The number of rotatable bonds is 3. The van der Waals surface area contributed by atoms with Crippen LogP contribution >= 0.6 is 0 Å². The van der Waals surface area contributed by atoms with E-state index in [0.29, 0.717) is 13.0 Å². The molecule has 0 saturated carbocycles. The molecular weight excluding hydrogens is 338 g/mol. The van der Waals surface area contributed by atoms with Crippen LogP contribution in [0.4, 0.5) is 10.5 Å². The molecule has 0 bridgehead atoms. The molecule has 0 unspecified atom stereocenters. The average molecular weight is 359 g/mol. The molecule has 1 atom stereocenters. The second-order valence-corrected chi connectivity index (χ2v) is 6.63. The molecule has 3 amide bonds. The van der Waals surface area contributed by atoms with Crippen molar-refractivity contribution in [3.05, 3.63) is 77.9 Å². The summed E-state index contributed by atoms with van der Waals surface area (Å²) >= 11 is 0. The predicted octanol–water partition coefficient (Wildman–Crippen LogP) is 3.23. The van der Waals surface area contributed by atoms with Crippen molar-refractivity contribution in [3.63, 3.8) is 0 Å². The van der Waals surface area contributed by atoms with Crippen LogP contribution in [0.1, 0.15) is 11.1 Å². The lowest BCUT2D eigenvalue weighted by atomic mass is 10.0. The number of carbonyl (C=O) groups excluding carboxylic acids is 2. The number of likely N-dealkylation sites (N-methyl/N-ethyl adjacent to an activating group) is 1. The molecule has 3 aromatic carbocycles. The third-order valence-corrected chi connectivity index (χ3v) is 5.05. The Morgan fingerprint density at radius 3 is 2.59 bits per heavy atom. The lowest BCUT2D eigenvalue weighted by Gasteiger charge is -2.24. The summed E-state index contributed by atoms with van der Waals surface area (Å²) in [6.45, 7) is 0.402. The number of urea groups is 1. The van der Waals surface area contributed by atoms with Crippen molar-refractivity contribution in [1.82, 2.24) is 10.6 Å². The van der Waals surface area contributed by atoms with Gasteiger partial charge in [-0.2, -0.15) is 0 Å². The number of para-hydroxylation sites is 1. The largest absolute Gasteiger partial charge is 0.357 e. The quantitative estimate of drug-likeness (QED) is 0.754. The van der Waals surface area contributed by atoms with Crippen LogP contribution in [-0.2, 0) is 17.8 Å². The van der Waals surface area contributed by atoms with Crippen LogP contribution in [0.2, 0.25) is 0 Å². The SMILES string of the molecule is CNC(=O)[C@H]1Cc2ccccc2N1C(=O)NCc1cccc2ccccc12. The molecule has 27 heavy (non-hydrogen) atoms. The molecule has 0 aliphatic carbocycles. The number of amides is 3. The van der Waals surface area contributed by atoms with E-state index in [-0.39, 0.29) is 11.9 Å². The molecule has 1 aliphatic heterocycles. The summed E-state index contributed by atoms with van der Waals surface area (Å²) in [5, 5.41) is 7.91. The molecule has 5 heteroatoms. The zero-order chi connectivity index (χ0) is 18.8. The Morgan fingerprint density at radius 1 is 1.00 bits per heavy atom. The maximum atomic E-state index is 13.0. The number of fused-ring (bicyclic) bond motifs is 2. The van der Waals surface area contributed by atoms with Crippen LogP contribution in [0.3, 0.4) is 0 Å². The van der Waals surface area contributed by atoms with E-state index in [1.165, 1.54) is 0 Å². The van der Waals surface area contributed by atoms with E-state index in [2.05, 4.69) is 28.8 Å². The first-order chi connectivity index (χ1) is 13.2. The maximum absolute atomic E-state index is 13.0. The van der Waals surface area contributed by atoms with E-state index in [4.69, 9.17) is 0 Å².